The third-order valence-corrected chi connectivity index (χ3v) is 2.58. The molecule has 5 heteroatoms. The summed E-state index contributed by atoms with van der Waals surface area (Å²) >= 11 is 0. The molecule has 18 heavy (non-hydrogen) atoms. The molecule has 2 nitrogen and oxygen atoms in total. The van der Waals surface area contributed by atoms with E-state index in [1.807, 2.05) is 0 Å². The number of Topliss-reactive ketones (excluding diaryl/α,β-unsaturated/α-hetero) is 1. The van der Waals surface area contributed by atoms with Gasteiger partial charge in [0.25, 0.3) is 0 Å². The third-order valence-electron chi connectivity index (χ3n) is 2.58. The van der Waals surface area contributed by atoms with Crippen LogP contribution in [0.4, 0.5) is 18.9 Å². The summed E-state index contributed by atoms with van der Waals surface area (Å²) < 4.78 is 37.4. The molecule has 0 heterocycles. The van der Waals surface area contributed by atoms with Crippen LogP contribution in [-0.2, 0) is 0 Å². The zero-order chi connectivity index (χ0) is 13.9. The van der Waals surface area contributed by atoms with Crippen LogP contribution in [0.15, 0.2) is 24.3 Å². The quantitative estimate of drug-likeness (QED) is 0.769. The maximum atomic E-state index is 12.5. The highest BCUT2D eigenvalue weighted by molar-refractivity contribution is 5.94. The fourth-order valence-corrected chi connectivity index (χ4v) is 1.65. The van der Waals surface area contributed by atoms with Crippen LogP contribution >= 0.6 is 0 Å². The monoisotopic (exact) mass is 259 g/mol. The van der Waals surface area contributed by atoms with Gasteiger partial charge in [0.05, 0.1) is 0 Å². The van der Waals surface area contributed by atoms with Gasteiger partial charge in [0.2, 0.25) is 0 Å². The zero-order valence-electron chi connectivity index (χ0n) is 10.6. The van der Waals surface area contributed by atoms with E-state index in [1.54, 1.807) is 38.1 Å². The molecule has 0 aliphatic heterocycles. The molecule has 0 atom stereocenters. The molecule has 0 radical (unpaired) electrons. The Bertz CT molecular complexity index is 409. The largest absolute Gasteiger partial charge is 0.405 e. The van der Waals surface area contributed by atoms with Crippen molar-refractivity contribution in [2.75, 3.05) is 11.4 Å². The predicted molar refractivity (Wildman–Crippen MR) is 65.0 cm³/mol. The molecule has 1 aromatic carbocycles. The van der Waals surface area contributed by atoms with E-state index in [-0.39, 0.29) is 11.8 Å². The van der Waals surface area contributed by atoms with Crippen LogP contribution in [0.2, 0.25) is 0 Å². The number of carbonyl (C=O) groups is 1. The lowest BCUT2D eigenvalue weighted by Gasteiger charge is -2.29. The summed E-state index contributed by atoms with van der Waals surface area (Å²) in [4.78, 5) is 12.3. The number of halogens is 3. The van der Waals surface area contributed by atoms with Crippen LogP contribution in [0.1, 0.15) is 31.1 Å². The SMILES string of the molecule is CC(=O)c1ccc(N(CC(F)(F)F)C(C)C)cc1. The Morgan fingerprint density at radius 2 is 1.72 bits per heavy atom. The maximum absolute atomic E-state index is 12.5. The average molecular weight is 259 g/mol. The van der Waals surface area contributed by atoms with E-state index in [0.717, 1.165) is 0 Å². The molecule has 1 aromatic rings. The minimum Gasteiger partial charge on any atom is -0.360 e. The molecule has 1 rings (SSSR count). The van der Waals surface area contributed by atoms with Gasteiger partial charge in [0.1, 0.15) is 6.54 Å². The van der Waals surface area contributed by atoms with E-state index in [2.05, 4.69) is 0 Å². The van der Waals surface area contributed by atoms with E-state index < -0.39 is 12.7 Å². The molecule has 0 unspecified atom stereocenters. The van der Waals surface area contributed by atoms with Crippen LogP contribution in [0, 0.1) is 0 Å². The first-order valence-corrected chi connectivity index (χ1v) is 5.65. The fourth-order valence-electron chi connectivity index (χ4n) is 1.65. The average Bonchev–Trinajstić information content (AvgIpc) is 2.24. The van der Waals surface area contributed by atoms with Crippen molar-refractivity contribution in [1.82, 2.24) is 0 Å². The van der Waals surface area contributed by atoms with Gasteiger partial charge in [-0.25, -0.2) is 0 Å². The van der Waals surface area contributed by atoms with Crippen molar-refractivity contribution in [3.8, 4) is 0 Å². The summed E-state index contributed by atoms with van der Waals surface area (Å²) in [5.41, 5.74) is 0.960. The summed E-state index contributed by atoms with van der Waals surface area (Å²) in [5, 5.41) is 0. The molecule has 0 saturated carbocycles. The first-order chi connectivity index (χ1) is 8.20. The van der Waals surface area contributed by atoms with E-state index >= 15 is 0 Å². The lowest BCUT2D eigenvalue weighted by Crippen LogP contribution is -2.39. The molecular formula is C13H16F3NO. The van der Waals surface area contributed by atoms with Gasteiger partial charge in [0, 0.05) is 17.3 Å². The second-order valence-electron chi connectivity index (χ2n) is 4.44. The first-order valence-electron chi connectivity index (χ1n) is 5.65. The standard InChI is InChI=1S/C13H16F3NO/c1-9(2)17(8-13(14,15)16)12-6-4-11(5-7-12)10(3)18/h4-7,9H,8H2,1-3H3. The first kappa shape index (κ1) is 14.5. The Hall–Kier alpha value is -1.52. The predicted octanol–water partition coefficient (Wildman–Crippen LogP) is 3.67. The molecule has 0 N–H and O–H groups in total. The van der Waals surface area contributed by atoms with E-state index in [0.29, 0.717) is 11.3 Å². The Labute approximate surface area is 104 Å². The van der Waals surface area contributed by atoms with Gasteiger partial charge in [-0.2, -0.15) is 13.2 Å². The van der Waals surface area contributed by atoms with E-state index in [9.17, 15) is 18.0 Å². The van der Waals surface area contributed by atoms with E-state index in [1.165, 1.54) is 11.8 Å². The number of carbonyl (C=O) groups excluding carboxylic acids is 1. The van der Waals surface area contributed by atoms with Crippen molar-refractivity contribution in [2.24, 2.45) is 0 Å². The van der Waals surface area contributed by atoms with Crippen LogP contribution in [0.3, 0.4) is 0 Å². The second-order valence-corrected chi connectivity index (χ2v) is 4.44. The lowest BCUT2D eigenvalue weighted by molar-refractivity contribution is -0.120. The summed E-state index contributed by atoms with van der Waals surface area (Å²) in [6.45, 7) is 3.82. The number of anilines is 1. The minimum atomic E-state index is -4.25. The van der Waals surface area contributed by atoms with Gasteiger partial charge < -0.3 is 4.90 Å². The van der Waals surface area contributed by atoms with Crippen LogP contribution in [0.25, 0.3) is 0 Å². The molecule has 100 valence electrons. The number of rotatable bonds is 4. The van der Waals surface area contributed by atoms with Crippen molar-refractivity contribution in [1.29, 1.82) is 0 Å². The molecular weight excluding hydrogens is 243 g/mol. The molecule has 0 amide bonds. The zero-order valence-corrected chi connectivity index (χ0v) is 10.6. The summed E-state index contributed by atoms with van der Waals surface area (Å²) in [6.07, 6.45) is -4.25. The van der Waals surface area contributed by atoms with Gasteiger partial charge in [-0.3, -0.25) is 4.79 Å². The smallest absolute Gasteiger partial charge is 0.360 e. The second kappa shape index (κ2) is 5.42. The molecule has 0 aliphatic rings. The Kier molecular flexibility index (Phi) is 4.38. The molecule has 0 aromatic heterocycles. The summed E-state index contributed by atoms with van der Waals surface area (Å²) in [6, 6.07) is 5.91. The van der Waals surface area contributed by atoms with Gasteiger partial charge in [-0.05, 0) is 45.0 Å². The number of ketones is 1. The fraction of sp³-hybridized carbons (Fsp3) is 0.462. The van der Waals surface area contributed by atoms with Gasteiger partial charge >= 0.3 is 6.18 Å². The third kappa shape index (κ3) is 4.05. The number of hydrogen-bond donors (Lipinski definition) is 0. The molecule has 0 spiro atoms. The normalized spacial score (nSPS) is 11.7. The van der Waals surface area contributed by atoms with Crippen molar-refractivity contribution >= 4 is 11.5 Å². The Morgan fingerprint density at radius 1 is 1.22 bits per heavy atom. The van der Waals surface area contributed by atoms with Crippen molar-refractivity contribution in [2.45, 2.75) is 33.0 Å². The van der Waals surface area contributed by atoms with Crippen LogP contribution in [0.5, 0.6) is 0 Å². The number of nitrogens with zero attached hydrogens (tertiary/aromatic N) is 1. The summed E-state index contributed by atoms with van der Waals surface area (Å²) in [5.74, 6) is -0.103. The Balaban J connectivity index is 2.96. The minimum absolute atomic E-state index is 0.103. The van der Waals surface area contributed by atoms with Crippen LogP contribution < -0.4 is 4.90 Å². The van der Waals surface area contributed by atoms with Gasteiger partial charge in [0.15, 0.2) is 5.78 Å². The molecule has 0 fully saturated rings. The number of benzene rings is 1. The van der Waals surface area contributed by atoms with Gasteiger partial charge in [-0.15, -0.1) is 0 Å². The van der Waals surface area contributed by atoms with Crippen LogP contribution in [-0.4, -0.2) is 24.5 Å². The Morgan fingerprint density at radius 3 is 2.06 bits per heavy atom. The molecule has 0 saturated heterocycles. The van der Waals surface area contributed by atoms with Crippen molar-refractivity contribution in [3.63, 3.8) is 0 Å². The highest BCUT2D eigenvalue weighted by atomic mass is 19.4. The lowest BCUT2D eigenvalue weighted by atomic mass is 10.1. The molecule has 0 bridgehead atoms. The highest BCUT2D eigenvalue weighted by Gasteiger charge is 2.31. The van der Waals surface area contributed by atoms with Crippen molar-refractivity contribution in [3.05, 3.63) is 29.8 Å². The van der Waals surface area contributed by atoms with E-state index in [4.69, 9.17) is 0 Å². The van der Waals surface area contributed by atoms with Crippen molar-refractivity contribution < 1.29 is 18.0 Å². The summed E-state index contributed by atoms with van der Waals surface area (Å²) in [7, 11) is 0. The number of alkyl halides is 3. The topological polar surface area (TPSA) is 20.3 Å². The number of hydrogen-bond acceptors (Lipinski definition) is 2. The highest BCUT2D eigenvalue weighted by Crippen LogP contribution is 2.24. The molecule has 0 aliphatic carbocycles. The maximum Gasteiger partial charge on any atom is 0.405 e. The van der Waals surface area contributed by atoms with Gasteiger partial charge in [-0.1, -0.05) is 0 Å².